The molecule has 2 aromatic carbocycles. The molecule has 3 aromatic rings. The Labute approximate surface area is 120 Å². The Morgan fingerprint density at radius 2 is 1.71 bits per heavy atom. The van der Waals surface area contributed by atoms with Crippen molar-refractivity contribution < 1.29 is 39.5 Å². The molecule has 0 fully saturated rings. The fraction of sp³-hybridized carbons (Fsp3) is 0. The van der Waals surface area contributed by atoms with Crippen molar-refractivity contribution in [3.05, 3.63) is 48.0 Å². The van der Waals surface area contributed by atoms with Crippen LogP contribution >= 0.6 is 0 Å². The number of para-hydroxylation sites is 1. The van der Waals surface area contributed by atoms with Crippen molar-refractivity contribution in [2.75, 3.05) is 0 Å². The smallest absolute Gasteiger partial charge is 0.545 e. The van der Waals surface area contributed by atoms with Gasteiger partial charge in [0.2, 0.25) is 0 Å². The zero-order chi connectivity index (χ0) is 11.1. The van der Waals surface area contributed by atoms with Gasteiger partial charge in [-0.3, -0.25) is 0 Å². The third-order valence-electron chi connectivity index (χ3n) is 2.74. The largest absolute Gasteiger partial charge is 1.00 e. The monoisotopic (exact) mass is 233 g/mol. The number of hydrogen-bond acceptors (Lipinski definition) is 2. The van der Waals surface area contributed by atoms with Crippen LogP contribution in [0, 0.1) is 0 Å². The third-order valence-corrected chi connectivity index (χ3v) is 2.74. The fourth-order valence-corrected chi connectivity index (χ4v) is 1.98. The van der Waals surface area contributed by atoms with Gasteiger partial charge in [-0.25, -0.2) is 0 Å². The molecule has 0 saturated heterocycles. The number of H-pyrrole nitrogens is 1. The van der Waals surface area contributed by atoms with E-state index in [1.54, 1.807) is 18.2 Å². The minimum absolute atomic E-state index is 0. The topological polar surface area (TPSA) is 55.9 Å². The summed E-state index contributed by atoms with van der Waals surface area (Å²) in [5, 5.41) is 12.7. The summed E-state index contributed by atoms with van der Waals surface area (Å²) >= 11 is 0. The second kappa shape index (κ2) is 4.53. The van der Waals surface area contributed by atoms with Crippen LogP contribution in [0.15, 0.2) is 42.5 Å². The number of rotatable bonds is 1. The van der Waals surface area contributed by atoms with Crippen molar-refractivity contribution in [1.82, 2.24) is 4.98 Å². The molecule has 17 heavy (non-hydrogen) atoms. The van der Waals surface area contributed by atoms with Gasteiger partial charge in [0.1, 0.15) is 0 Å². The van der Waals surface area contributed by atoms with E-state index in [1.165, 1.54) is 0 Å². The molecule has 1 heterocycles. The predicted molar refractivity (Wildman–Crippen MR) is 60.1 cm³/mol. The minimum atomic E-state index is -1.15. The predicted octanol–water partition coefficient (Wildman–Crippen LogP) is -1.31. The van der Waals surface area contributed by atoms with Gasteiger partial charge in [-0.05, 0) is 23.8 Å². The summed E-state index contributed by atoms with van der Waals surface area (Å²) < 4.78 is 0. The van der Waals surface area contributed by atoms with Gasteiger partial charge < -0.3 is 14.9 Å². The molecule has 0 aliphatic carbocycles. The Morgan fingerprint density at radius 3 is 2.47 bits per heavy atom. The van der Waals surface area contributed by atoms with E-state index >= 15 is 0 Å². The third kappa shape index (κ3) is 1.97. The van der Waals surface area contributed by atoms with E-state index in [9.17, 15) is 9.90 Å². The quantitative estimate of drug-likeness (QED) is 0.530. The summed E-state index contributed by atoms with van der Waals surface area (Å²) in [7, 11) is 0. The molecule has 0 unspecified atom stereocenters. The van der Waals surface area contributed by atoms with Crippen LogP contribution in [0.2, 0.25) is 0 Å². The van der Waals surface area contributed by atoms with Crippen molar-refractivity contribution in [1.29, 1.82) is 0 Å². The molecule has 0 atom stereocenters. The molecular formula is C13H8NNaO2. The van der Waals surface area contributed by atoms with Crippen molar-refractivity contribution in [3.63, 3.8) is 0 Å². The van der Waals surface area contributed by atoms with Crippen molar-refractivity contribution >= 4 is 27.8 Å². The first-order chi connectivity index (χ1) is 7.75. The first kappa shape index (κ1) is 12.2. The van der Waals surface area contributed by atoms with Crippen LogP contribution in [0.1, 0.15) is 10.4 Å². The van der Waals surface area contributed by atoms with Crippen LogP contribution in [-0.4, -0.2) is 11.0 Å². The number of nitrogens with one attached hydrogen (secondary N) is 1. The van der Waals surface area contributed by atoms with Gasteiger partial charge in [0, 0.05) is 21.8 Å². The summed E-state index contributed by atoms with van der Waals surface area (Å²) in [5.74, 6) is -1.15. The van der Waals surface area contributed by atoms with Crippen molar-refractivity contribution in [2.45, 2.75) is 0 Å². The number of carboxylic acids is 1. The fourth-order valence-electron chi connectivity index (χ4n) is 1.98. The molecule has 0 radical (unpaired) electrons. The van der Waals surface area contributed by atoms with Crippen LogP contribution < -0.4 is 34.7 Å². The minimum Gasteiger partial charge on any atom is -0.545 e. The Kier molecular flexibility index (Phi) is 3.24. The van der Waals surface area contributed by atoms with Crippen LogP contribution in [0.4, 0.5) is 0 Å². The summed E-state index contributed by atoms with van der Waals surface area (Å²) in [5.41, 5.74) is 2.15. The molecule has 78 valence electrons. The Bertz CT molecular complexity index is 703. The molecule has 1 aromatic heterocycles. The normalized spacial score (nSPS) is 10.4. The second-order valence-corrected chi connectivity index (χ2v) is 3.72. The van der Waals surface area contributed by atoms with Gasteiger partial charge in [0.15, 0.2) is 0 Å². The zero-order valence-corrected chi connectivity index (χ0v) is 11.4. The maximum absolute atomic E-state index is 10.8. The number of benzene rings is 2. The van der Waals surface area contributed by atoms with Gasteiger partial charge in [0.05, 0.1) is 5.97 Å². The molecule has 1 N–H and O–H groups in total. The molecule has 4 heteroatoms. The maximum atomic E-state index is 10.8. The zero-order valence-electron chi connectivity index (χ0n) is 9.36. The Morgan fingerprint density at radius 1 is 1.00 bits per heavy atom. The number of fused-ring (bicyclic) bond motifs is 3. The number of aromatic nitrogens is 1. The SMILES string of the molecule is O=C([O-])c1ccc2[nH]c3ccccc3c2c1.[Na+]. The first-order valence-electron chi connectivity index (χ1n) is 4.97. The molecule has 0 amide bonds. The molecule has 0 aliphatic rings. The number of carbonyl (C=O) groups is 1. The average molecular weight is 233 g/mol. The van der Waals surface area contributed by atoms with Gasteiger partial charge in [-0.1, -0.05) is 24.3 Å². The van der Waals surface area contributed by atoms with E-state index in [4.69, 9.17) is 0 Å². The van der Waals surface area contributed by atoms with Crippen molar-refractivity contribution in [2.24, 2.45) is 0 Å². The number of aromatic amines is 1. The molecule has 0 saturated carbocycles. The Balaban J connectivity index is 0.00000108. The summed E-state index contributed by atoms with van der Waals surface area (Å²) in [6.07, 6.45) is 0. The number of carbonyl (C=O) groups excluding carboxylic acids is 1. The van der Waals surface area contributed by atoms with Gasteiger partial charge in [0.25, 0.3) is 0 Å². The first-order valence-corrected chi connectivity index (χ1v) is 4.97. The second-order valence-electron chi connectivity index (χ2n) is 3.72. The standard InChI is InChI=1S/C13H9NO2.Na/c15-13(16)8-5-6-12-10(7-8)9-3-1-2-4-11(9)14-12;/h1-7,14H,(H,15,16);/q;+1/p-1. The van der Waals surface area contributed by atoms with E-state index in [0.717, 1.165) is 21.8 Å². The number of hydrogen-bond donors (Lipinski definition) is 1. The molecule has 3 nitrogen and oxygen atoms in total. The van der Waals surface area contributed by atoms with Crippen molar-refractivity contribution in [3.8, 4) is 0 Å². The maximum Gasteiger partial charge on any atom is 1.00 e. The molecule has 3 rings (SSSR count). The van der Waals surface area contributed by atoms with Crippen LogP contribution in [0.25, 0.3) is 21.8 Å². The van der Waals surface area contributed by atoms with Gasteiger partial charge in [-0.2, -0.15) is 0 Å². The summed E-state index contributed by atoms with van der Waals surface area (Å²) in [6.45, 7) is 0. The molecule has 0 aliphatic heterocycles. The van der Waals surface area contributed by atoms with E-state index < -0.39 is 5.97 Å². The number of aromatic carboxylic acids is 1. The molecular weight excluding hydrogens is 225 g/mol. The van der Waals surface area contributed by atoms with E-state index in [0.29, 0.717) is 0 Å². The van der Waals surface area contributed by atoms with Crippen LogP contribution in [-0.2, 0) is 0 Å². The Hall–Kier alpha value is -1.29. The molecule has 0 bridgehead atoms. The van der Waals surface area contributed by atoms with E-state index in [-0.39, 0.29) is 35.1 Å². The van der Waals surface area contributed by atoms with E-state index in [2.05, 4.69) is 4.98 Å². The van der Waals surface area contributed by atoms with E-state index in [1.807, 2.05) is 24.3 Å². The summed E-state index contributed by atoms with van der Waals surface area (Å²) in [6, 6.07) is 12.8. The summed E-state index contributed by atoms with van der Waals surface area (Å²) in [4.78, 5) is 14.0. The van der Waals surface area contributed by atoms with Crippen LogP contribution in [0.5, 0.6) is 0 Å². The molecule has 0 spiro atoms. The average Bonchev–Trinajstić information content (AvgIpc) is 2.66. The van der Waals surface area contributed by atoms with Gasteiger partial charge in [-0.15, -0.1) is 0 Å². The van der Waals surface area contributed by atoms with Gasteiger partial charge >= 0.3 is 29.6 Å². The number of carboxylic acid groups (broad SMARTS) is 1. The van der Waals surface area contributed by atoms with Crippen LogP contribution in [0.3, 0.4) is 0 Å².